The van der Waals surface area contributed by atoms with Crippen molar-refractivity contribution in [2.45, 2.75) is 0 Å². The summed E-state index contributed by atoms with van der Waals surface area (Å²) in [6, 6.07) is 11.6. The molecule has 0 aromatic heterocycles. The molecule has 1 aliphatic rings. The average Bonchev–Trinajstić information content (AvgIpc) is 2.83. The minimum atomic E-state index is -0.493. The van der Waals surface area contributed by atoms with E-state index in [1.54, 1.807) is 6.07 Å². The largest absolute Gasteiger partial charge is 0.378 e. The van der Waals surface area contributed by atoms with Gasteiger partial charge in [0.05, 0.1) is 16.3 Å². The maximum absolute atomic E-state index is 12.1. The predicted octanol–water partition coefficient (Wildman–Crippen LogP) is 2.73. The second-order valence-electron chi connectivity index (χ2n) is 5.32. The molecule has 0 aliphatic carbocycles. The van der Waals surface area contributed by atoms with Crippen molar-refractivity contribution in [3.8, 4) is 0 Å². The number of benzene rings is 2. The monoisotopic (exact) mass is 310 g/mol. The Morgan fingerprint density at radius 3 is 2.65 bits per heavy atom. The molecule has 1 heterocycles. The molecule has 2 aromatic carbocycles. The van der Waals surface area contributed by atoms with Gasteiger partial charge in [0, 0.05) is 37.5 Å². The van der Waals surface area contributed by atoms with Crippen molar-refractivity contribution in [3.63, 3.8) is 0 Å². The van der Waals surface area contributed by atoms with Crippen LogP contribution < -0.4 is 10.2 Å². The van der Waals surface area contributed by atoms with Crippen LogP contribution in [0.3, 0.4) is 0 Å². The van der Waals surface area contributed by atoms with Gasteiger partial charge in [-0.2, -0.15) is 0 Å². The average molecular weight is 310 g/mol. The van der Waals surface area contributed by atoms with Crippen molar-refractivity contribution in [2.75, 3.05) is 24.3 Å². The number of carbonyl (C=O) groups is 1. The van der Waals surface area contributed by atoms with Crippen molar-refractivity contribution < 1.29 is 9.72 Å². The van der Waals surface area contributed by atoms with E-state index in [2.05, 4.69) is 10.3 Å². The summed E-state index contributed by atoms with van der Waals surface area (Å²) in [6.45, 7) is 0. The van der Waals surface area contributed by atoms with Crippen LogP contribution in [0.25, 0.3) is 0 Å². The standard InChI is InChI=1S/C16H14N4O3/c1-19(2)11-5-3-4-10(8-11)17-15-13-9-12(20(22)23)6-7-14(13)18-16(15)21/h3-9H,1-2H3,(H,17,18,21). The second-order valence-corrected chi connectivity index (χ2v) is 5.32. The van der Waals surface area contributed by atoms with Crippen LogP contribution in [0.1, 0.15) is 5.56 Å². The summed E-state index contributed by atoms with van der Waals surface area (Å²) in [5.41, 5.74) is 2.64. The Bertz CT molecular complexity index is 843. The van der Waals surface area contributed by atoms with Gasteiger partial charge in [0.2, 0.25) is 0 Å². The van der Waals surface area contributed by atoms with E-state index in [-0.39, 0.29) is 17.3 Å². The molecule has 0 radical (unpaired) electrons. The Balaban J connectivity index is 2.07. The van der Waals surface area contributed by atoms with Crippen molar-refractivity contribution in [1.29, 1.82) is 0 Å². The Morgan fingerprint density at radius 2 is 1.96 bits per heavy atom. The summed E-state index contributed by atoms with van der Waals surface area (Å²) < 4.78 is 0. The first kappa shape index (κ1) is 14.7. The van der Waals surface area contributed by atoms with Gasteiger partial charge in [-0.15, -0.1) is 0 Å². The number of hydrogen-bond donors (Lipinski definition) is 1. The first-order valence-electron chi connectivity index (χ1n) is 6.92. The van der Waals surface area contributed by atoms with Crippen LogP contribution in [-0.4, -0.2) is 30.6 Å². The van der Waals surface area contributed by atoms with E-state index in [1.807, 2.05) is 37.2 Å². The highest BCUT2D eigenvalue weighted by Crippen LogP contribution is 2.30. The smallest absolute Gasteiger partial charge is 0.275 e. The van der Waals surface area contributed by atoms with Crippen LogP contribution in [0.4, 0.5) is 22.7 Å². The number of nitro benzene ring substituents is 1. The summed E-state index contributed by atoms with van der Waals surface area (Å²) >= 11 is 0. The molecule has 0 fully saturated rings. The summed E-state index contributed by atoms with van der Waals surface area (Å²) in [5, 5.41) is 13.6. The van der Waals surface area contributed by atoms with Crippen LogP contribution in [0.15, 0.2) is 47.5 Å². The van der Waals surface area contributed by atoms with E-state index < -0.39 is 4.92 Å². The molecule has 0 spiro atoms. The number of aliphatic imine (C=N–C) groups is 1. The molecule has 2 aromatic rings. The number of nitrogens with one attached hydrogen (secondary N) is 1. The van der Waals surface area contributed by atoms with E-state index in [4.69, 9.17) is 0 Å². The Hall–Kier alpha value is -3.22. The Morgan fingerprint density at radius 1 is 1.17 bits per heavy atom. The van der Waals surface area contributed by atoms with Crippen LogP contribution in [0.5, 0.6) is 0 Å². The zero-order chi connectivity index (χ0) is 16.6. The van der Waals surface area contributed by atoms with Gasteiger partial charge in [0.1, 0.15) is 5.71 Å². The molecule has 23 heavy (non-hydrogen) atoms. The minimum absolute atomic E-state index is 0.0741. The quantitative estimate of drug-likeness (QED) is 0.697. The summed E-state index contributed by atoms with van der Waals surface area (Å²) in [4.78, 5) is 28.8. The zero-order valence-electron chi connectivity index (χ0n) is 12.6. The Kier molecular flexibility index (Phi) is 3.53. The highest BCUT2D eigenvalue weighted by molar-refractivity contribution is 6.54. The molecule has 3 rings (SSSR count). The molecule has 0 bridgehead atoms. The molecule has 1 aliphatic heterocycles. The number of nitro groups is 1. The van der Waals surface area contributed by atoms with Gasteiger partial charge in [-0.25, -0.2) is 4.99 Å². The maximum Gasteiger partial charge on any atom is 0.275 e. The topological polar surface area (TPSA) is 87.8 Å². The summed E-state index contributed by atoms with van der Waals surface area (Å²) in [7, 11) is 3.82. The third-order valence-corrected chi connectivity index (χ3v) is 3.52. The molecule has 116 valence electrons. The molecule has 1 amide bonds. The molecule has 0 atom stereocenters. The lowest BCUT2D eigenvalue weighted by atomic mass is 10.1. The highest BCUT2D eigenvalue weighted by atomic mass is 16.6. The molecule has 0 saturated carbocycles. The number of rotatable bonds is 3. The van der Waals surface area contributed by atoms with Gasteiger partial charge in [0.25, 0.3) is 11.6 Å². The van der Waals surface area contributed by atoms with Crippen molar-refractivity contribution in [3.05, 3.63) is 58.1 Å². The lowest BCUT2D eigenvalue weighted by Gasteiger charge is -2.12. The number of carbonyl (C=O) groups excluding carboxylic acids is 1. The Labute approximate surface area is 132 Å². The van der Waals surface area contributed by atoms with E-state index in [1.165, 1.54) is 18.2 Å². The first-order valence-corrected chi connectivity index (χ1v) is 6.92. The normalized spacial score (nSPS) is 14.5. The SMILES string of the molecule is CN(C)c1cccc(N=C2C(=O)Nc3ccc([N+](=O)[O-])cc32)c1. The third-order valence-electron chi connectivity index (χ3n) is 3.52. The van der Waals surface area contributed by atoms with Crippen LogP contribution in [0.2, 0.25) is 0 Å². The zero-order valence-corrected chi connectivity index (χ0v) is 12.6. The van der Waals surface area contributed by atoms with Crippen LogP contribution in [-0.2, 0) is 4.79 Å². The summed E-state index contributed by atoms with van der Waals surface area (Å²) in [6.07, 6.45) is 0. The second kappa shape index (κ2) is 5.53. The fourth-order valence-corrected chi connectivity index (χ4v) is 2.34. The molecule has 0 saturated heterocycles. The number of nitrogens with zero attached hydrogens (tertiary/aromatic N) is 3. The van der Waals surface area contributed by atoms with Crippen molar-refractivity contribution in [1.82, 2.24) is 0 Å². The summed E-state index contributed by atoms with van der Waals surface area (Å²) in [5.74, 6) is -0.365. The molecule has 7 nitrogen and oxygen atoms in total. The minimum Gasteiger partial charge on any atom is -0.378 e. The van der Waals surface area contributed by atoms with E-state index in [0.29, 0.717) is 16.9 Å². The van der Waals surface area contributed by atoms with Gasteiger partial charge >= 0.3 is 0 Å². The first-order chi connectivity index (χ1) is 11.0. The number of hydrogen-bond acceptors (Lipinski definition) is 5. The van der Waals surface area contributed by atoms with Crippen molar-refractivity contribution in [2.24, 2.45) is 4.99 Å². The van der Waals surface area contributed by atoms with E-state index in [9.17, 15) is 14.9 Å². The van der Waals surface area contributed by atoms with Crippen molar-refractivity contribution >= 4 is 34.4 Å². The third kappa shape index (κ3) is 2.76. The van der Waals surface area contributed by atoms with Gasteiger partial charge in [0.15, 0.2) is 0 Å². The number of non-ortho nitro benzene ring substituents is 1. The highest BCUT2D eigenvalue weighted by Gasteiger charge is 2.28. The molecule has 1 N–H and O–H groups in total. The van der Waals surface area contributed by atoms with Crippen LogP contribution in [0, 0.1) is 10.1 Å². The molecular weight excluding hydrogens is 296 g/mol. The lowest BCUT2D eigenvalue weighted by molar-refractivity contribution is -0.384. The fraction of sp³-hybridized carbons (Fsp3) is 0.125. The van der Waals surface area contributed by atoms with Crippen LogP contribution >= 0.6 is 0 Å². The predicted molar refractivity (Wildman–Crippen MR) is 88.7 cm³/mol. The molecule has 0 unspecified atom stereocenters. The van der Waals surface area contributed by atoms with Gasteiger partial charge in [-0.1, -0.05) is 6.07 Å². The number of anilines is 2. The fourth-order valence-electron chi connectivity index (χ4n) is 2.34. The van der Waals surface area contributed by atoms with E-state index in [0.717, 1.165) is 5.69 Å². The number of amides is 1. The lowest BCUT2D eigenvalue weighted by Crippen LogP contribution is -2.14. The van der Waals surface area contributed by atoms with Gasteiger partial charge < -0.3 is 10.2 Å². The maximum atomic E-state index is 12.1. The molecular formula is C16H14N4O3. The van der Waals surface area contributed by atoms with E-state index >= 15 is 0 Å². The number of fused-ring (bicyclic) bond motifs is 1. The van der Waals surface area contributed by atoms with Gasteiger partial charge in [-0.3, -0.25) is 14.9 Å². The molecule has 7 heteroatoms. The van der Waals surface area contributed by atoms with Gasteiger partial charge in [-0.05, 0) is 24.3 Å².